The number of rotatable bonds is 2. The molecule has 0 N–H and O–H groups in total. The van der Waals surface area contributed by atoms with Crippen LogP contribution in [0, 0.1) is 5.82 Å². The zero-order valence-corrected chi connectivity index (χ0v) is 11.6. The highest BCUT2D eigenvalue weighted by molar-refractivity contribution is 5.51. The van der Waals surface area contributed by atoms with Gasteiger partial charge in [-0.3, -0.25) is 4.90 Å². The van der Waals surface area contributed by atoms with Crippen LogP contribution in [0.2, 0.25) is 0 Å². The first-order valence-electron chi connectivity index (χ1n) is 7.03. The van der Waals surface area contributed by atoms with Gasteiger partial charge in [0.2, 0.25) is 0 Å². The molecule has 0 aliphatic carbocycles. The summed E-state index contributed by atoms with van der Waals surface area (Å²) in [6.45, 7) is 5.53. The molecule has 4 heteroatoms. The minimum atomic E-state index is -0.277. The number of methoxy groups -OCH3 is 1. The fourth-order valence-electron chi connectivity index (χ4n) is 3.38. The third kappa shape index (κ3) is 2.29. The van der Waals surface area contributed by atoms with E-state index >= 15 is 0 Å². The van der Waals surface area contributed by atoms with Crippen molar-refractivity contribution in [2.75, 3.05) is 31.6 Å². The molecule has 0 amide bonds. The van der Waals surface area contributed by atoms with E-state index in [4.69, 9.17) is 4.74 Å². The molecule has 0 spiro atoms. The first kappa shape index (κ1) is 12.7. The van der Waals surface area contributed by atoms with Crippen LogP contribution in [0.15, 0.2) is 18.2 Å². The molecular weight excluding hydrogens is 243 g/mol. The van der Waals surface area contributed by atoms with E-state index < -0.39 is 0 Å². The van der Waals surface area contributed by atoms with Crippen molar-refractivity contribution in [2.24, 2.45) is 0 Å². The van der Waals surface area contributed by atoms with Gasteiger partial charge in [0.05, 0.1) is 7.11 Å². The number of hydrogen-bond donors (Lipinski definition) is 0. The summed E-state index contributed by atoms with van der Waals surface area (Å²) in [4.78, 5) is 4.90. The van der Waals surface area contributed by atoms with Gasteiger partial charge in [-0.2, -0.15) is 0 Å². The molecular formula is C15H21FN2O. The van der Waals surface area contributed by atoms with Crippen LogP contribution in [0.1, 0.15) is 19.8 Å². The molecule has 2 aliphatic heterocycles. The normalized spacial score (nSPS) is 27.4. The van der Waals surface area contributed by atoms with Gasteiger partial charge in [-0.05, 0) is 38.4 Å². The third-order valence-electron chi connectivity index (χ3n) is 4.40. The smallest absolute Gasteiger partial charge is 0.167 e. The largest absolute Gasteiger partial charge is 0.494 e. The van der Waals surface area contributed by atoms with Gasteiger partial charge in [-0.15, -0.1) is 0 Å². The van der Waals surface area contributed by atoms with Crippen LogP contribution in [0.5, 0.6) is 5.75 Å². The van der Waals surface area contributed by atoms with Gasteiger partial charge in [0.1, 0.15) is 0 Å². The molecule has 2 atom stereocenters. The van der Waals surface area contributed by atoms with Gasteiger partial charge in [-0.25, -0.2) is 4.39 Å². The zero-order valence-electron chi connectivity index (χ0n) is 11.6. The highest BCUT2D eigenvalue weighted by Crippen LogP contribution is 2.30. The van der Waals surface area contributed by atoms with E-state index in [-0.39, 0.29) is 5.82 Å². The standard InChI is InChI=1S/C15H21FN2O/c1-11-9-17-7-3-4-13(17)10-18(11)12-5-6-15(19-2)14(16)8-12/h5-6,8,11,13H,3-4,7,9-10H2,1-2H3. The predicted octanol–water partition coefficient (Wildman–Crippen LogP) is 2.51. The SMILES string of the molecule is COc1ccc(N2CC3CCCN3CC2C)cc1F. The Morgan fingerprint density at radius 2 is 2.16 bits per heavy atom. The van der Waals surface area contributed by atoms with Crippen LogP contribution in [0.3, 0.4) is 0 Å². The van der Waals surface area contributed by atoms with Gasteiger partial charge in [0.15, 0.2) is 11.6 Å². The Morgan fingerprint density at radius 3 is 2.89 bits per heavy atom. The molecule has 3 rings (SSSR count). The van der Waals surface area contributed by atoms with E-state index in [0.29, 0.717) is 17.8 Å². The van der Waals surface area contributed by atoms with E-state index in [1.54, 1.807) is 12.1 Å². The number of fused-ring (bicyclic) bond motifs is 1. The van der Waals surface area contributed by atoms with Crippen molar-refractivity contribution in [1.82, 2.24) is 4.90 Å². The van der Waals surface area contributed by atoms with E-state index in [9.17, 15) is 4.39 Å². The highest BCUT2D eigenvalue weighted by Gasteiger charge is 2.34. The molecule has 104 valence electrons. The highest BCUT2D eigenvalue weighted by atomic mass is 19.1. The Hall–Kier alpha value is -1.29. The lowest BCUT2D eigenvalue weighted by atomic mass is 10.1. The molecule has 0 saturated carbocycles. The maximum absolute atomic E-state index is 13.8. The molecule has 2 saturated heterocycles. The van der Waals surface area contributed by atoms with Gasteiger partial charge in [-0.1, -0.05) is 0 Å². The predicted molar refractivity (Wildman–Crippen MR) is 74.4 cm³/mol. The number of nitrogens with zero attached hydrogens (tertiary/aromatic N) is 2. The average Bonchev–Trinajstić information content (AvgIpc) is 2.84. The summed E-state index contributed by atoms with van der Waals surface area (Å²) in [6, 6.07) is 6.35. The third-order valence-corrected chi connectivity index (χ3v) is 4.40. The fraction of sp³-hybridized carbons (Fsp3) is 0.600. The average molecular weight is 264 g/mol. The van der Waals surface area contributed by atoms with Crippen molar-refractivity contribution in [3.05, 3.63) is 24.0 Å². The number of hydrogen-bond acceptors (Lipinski definition) is 3. The maximum atomic E-state index is 13.8. The Morgan fingerprint density at radius 1 is 1.32 bits per heavy atom. The number of halogens is 1. The molecule has 2 aliphatic rings. The van der Waals surface area contributed by atoms with E-state index in [0.717, 1.165) is 18.8 Å². The van der Waals surface area contributed by atoms with E-state index in [2.05, 4.69) is 16.7 Å². The van der Waals surface area contributed by atoms with Crippen molar-refractivity contribution >= 4 is 5.69 Å². The molecule has 0 bridgehead atoms. The van der Waals surface area contributed by atoms with Crippen molar-refractivity contribution in [1.29, 1.82) is 0 Å². The number of anilines is 1. The minimum Gasteiger partial charge on any atom is -0.494 e. The van der Waals surface area contributed by atoms with Crippen LogP contribution in [-0.2, 0) is 0 Å². The van der Waals surface area contributed by atoms with E-state index in [1.807, 2.05) is 6.07 Å². The van der Waals surface area contributed by atoms with Gasteiger partial charge in [0, 0.05) is 36.9 Å². The molecule has 1 aromatic rings. The molecule has 2 fully saturated rings. The molecule has 0 radical (unpaired) electrons. The molecule has 2 heterocycles. The number of piperazine rings is 1. The molecule has 2 unspecified atom stereocenters. The lowest BCUT2D eigenvalue weighted by Crippen LogP contribution is -2.55. The molecule has 19 heavy (non-hydrogen) atoms. The Bertz CT molecular complexity index is 465. The number of benzene rings is 1. The summed E-state index contributed by atoms with van der Waals surface area (Å²) >= 11 is 0. The first-order chi connectivity index (χ1) is 9.19. The molecule has 3 nitrogen and oxygen atoms in total. The first-order valence-corrected chi connectivity index (χ1v) is 7.03. The lowest BCUT2D eigenvalue weighted by molar-refractivity contribution is 0.203. The minimum absolute atomic E-state index is 0.277. The van der Waals surface area contributed by atoms with Crippen LogP contribution >= 0.6 is 0 Å². The van der Waals surface area contributed by atoms with Crippen LogP contribution < -0.4 is 9.64 Å². The Kier molecular flexibility index (Phi) is 3.35. The van der Waals surface area contributed by atoms with Crippen molar-refractivity contribution < 1.29 is 9.13 Å². The Labute approximate surface area is 114 Å². The van der Waals surface area contributed by atoms with Crippen LogP contribution in [0.4, 0.5) is 10.1 Å². The summed E-state index contributed by atoms with van der Waals surface area (Å²) < 4.78 is 18.8. The van der Waals surface area contributed by atoms with Crippen molar-refractivity contribution in [2.45, 2.75) is 31.8 Å². The fourth-order valence-corrected chi connectivity index (χ4v) is 3.38. The summed E-state index contributed by atoms with van der Waals surface area (Å²) in [5.74, 6) is 0.0388. The summed E-state index contributed by atoms with van der Waals surface area (Å²) in [5.41, 5.74) is 0.970. The molecule has 0 aromatic heterocycles. The second kappa shape index (κ2) is 5.00. The summed E-state index contributed by atoms with van der Waals surface area (Å²) in [7, 11) is 1.50. The lowest BCUT2D eigenvalue weighted by Gasteiger charge is -2.43. The van der Waals surface area contributed by atoms with E-state index in [1.165, 1.54) is 26.5 Å². The maximum Gasteiger partial charge on any atom is 0.167 e. The zero-order chi connectivity index (χ0) is 13.4. The Balaban J connectivity index is 1.82. The van der Waals surface area contributed by atoms with Gasteiger partial charge >= 0.3 is 0 Å². The monoisotopic (exact) mass is 264 g/mol. The van der Waals surface area contributed by atoms with Crippen LogP contribution in [-0.4, -0.2) is 43.7 Å². The van der Waals surface area contributed by atoms with Gasteiger partial charge < -0.3 is 9.64 Å². The number of ether oxygens (including phenoxy) is 1. The summed E-state index contributed by atoms with van der Waals surface area (Å²) in [5, 5.41) is 0. The molecule has 1 aromatic carbocycles. The second-order valence-electron chi connectivity index (χ2n) is 5.61. The van der Waals surface area contributed by atoms with Crippen molar-refractivity contribution in [3.63, 3.8) is 0 Å². The van der Waals surface area contributed by atoms with Crippen LogP contribution in [0.25, 0.3) is 0 Å². The van der Waals surface area contributed by atoms with Crippen molar-refractivity contribution in [3.8, 4) is 5.75 Å². The quantitative estimate of drug-likeness (QED) is 0.816. The topological polar surface area (TPSA) is 15.7 Å². The summed E-state index contributed by atoms with van der Waals surface area (Å²) in [6.07, 6.45) is 2.56. The second-order valence-corrected chi connectivity index (χ2v) is 5.61. The van der Waals surface area contributed by atoms with Gasteiger partial charge in [0.25, 0.3) is 0 Å².